The lowest BCUT2D eigenvalue weighted by molar-refractivity contribution is 0.149. The van der Waals surface area contributed by atoms with Gasteiger partial charge in [-0.25, -0.2) is 13.2 Å². The molecule has 2 aromatic rings. The van der Waals surface area contributed by atoms with Crippen LogP contribution >= 0.6 is 11.3 Å². The van der Waals surface area contributed by atoms with Crippen molar-refractivity contribution in [2.75, 3.05) is 25.5 Å². The third-order valence-electron chi connectivity index (χ3n) is 4.50. The number of nitrogens with zero attached hydrogens (tertiary/aromatic N) is 1. The average Bonchev–Trinajstić information content (AvgIpc) is 2.89. The number of rotatable bonds is 4. The van der Waals surface area contributed by atoms with Crippen LogP contribution in [-0.4, -0.2) is 43.7 Å². The first-order valence-corrected chi connectivity index (χ1v) is 9.15. The Morgan fingerprint density at radius 1 is 1.40 bits per heavy atom. The lowest BCUT2D eigenvalue weighted by atomic mass is 10.0. The number of halogens is 3. The van der Waals surface area contributed by atoms with Gasteiger partial charge in [0.15, 0.2) is 0 Å². The molecule has 134 valence electrons. The number of hydrogen-bond donors (Lipinski definition) is 1. The van der Waals surface area contributed by atoms with Crippen LogP contribution in [0.4, 0.5) is 18.9 Å². The van der Waals surface area contributed by atoms with Crippen LogP contribution in [0.2, 0.25) is 0 Å². The van der Waals surface area contributed by atoms with E-state index in [9.17, 15) is 13.2 Å². The molecule has 25 heavy (non-hydrogen) atoms. The average molecular weight is 366 g/mol. The molecule has 0 spiro atoms. The van der Waals surface area contributed by atoms with Gasteiger partial charge in [-0.3, -0.25) is 0 Å². The molecule has 1 aromatic heterocycles. The molecule has 3 rings (SSSR count). The third-order valence-corrected chi connectivity index (χ3v) is 5.70. The monoisotopic (exact) mass is 366 g/mol. The second-order valence-electron chi connectivity index (χ2n) is 6.38. The number of anilines is 1. The molecule has 1 saturated heterocycles. The highest BCUT2D eigenvalue weighted by Crippen LogP contribution is 2.38. The zero-order chi connectivity index (χ0) is 18.0. The van der Waals surface area contributed by atoms with E-state index in [0.717, 1.165) is 22.3 Å². The molecule has 0 saturated carbocycles. The summed E-state index contributed by atoms with van der Waals surface area (Å²) in [5, 5.41) is 4.09. The number of likely N-dealkylation sites (tertiary alicyclic amines) is 1. The molecule has 2 nitrogen and oxygen atoms in total. The fraction of sp³-hybridized carbons (Fsp3) is 0.474. The highest BCUT2D eigenvalue weighted by atomic mass is 32.1. The summed E-state index contributed by atoms with van der Waals surface area (Å²) in [6, 6.07) is 5.30. The molecule has 2 atom stereocenters. The van der Waals surface area contributed by atoms with E-state index in [-0.39, 0.29) is 12.5 Å². The number of thiophene rings is 1. The van der Waals surface area contributed by atoms with Crippen molar-refractivity contribution >= 4 is 27.1 Å². The largest absolute Gasteiger partial charge is 0.378 e. The first-order valence-electron chi connectivity index (χ1n) is 8.34. The van der Waals surface area contributed by atoms with Gasteiger partial charge >= 0.3 is 0 Å². The van der Waals surface area contributed by atoms with E-state index in [2.05, 4.69) is 17.2 Å². The molecule has 1 aliphatic rings. The molecular formula is C19H21F3N2S. The molecule has 1 N–H and O–H groups in total. The number of fused-ring (bicyclic) bond motifs is 1. The SMILES string of the molecule is CC#Cc1sc2c(NC3CCN(C)CC3F)cccc2c1CC(F)F. The minimum atomic E-state index is -2.42. The summed E-state index contributed by atoms with van der Waals surface area (Å²) in [6.45, 7) is 2.94. The summed E-state index contributed by atoms with van der Waals surface area (Å²) in [5.74, 6) is 5.74. The quantitative estimate of drug-likeness (QED) is 0.800. The molecule has 1 aliphatic heterocycles. The van der Waals surface area contributed by atoms with Gasteiger partial charge in [0.2, 0.25) is 6.43 Å². The van der Waals surface area contributed by atoms with Crippen molar-refractivity contribution < 1.29 is 13.2 Å². The highest BCUT2D eigenvalue weighted by Gasteiger charge is 2.28. The smallest absolute Gasteiger partial charge is 0.242 e. The van der Waals surface area contributed by atoms with Crippen LogP contribution in [0.5, 0.6) is 0 Å². The van der Waals surface area contributed by atoms with E-state index < -0.39 is 12.6 Å². The maximum atomic E-state index is 14.3. The standard InChI is InChI=1S/C19H21F3N2S/c1-3-5-17-13(10-18(21)22)12-6-4-7-16(19(12)25-17)23-15-8-9-24(2)11-14(15)20/h4,6-7,14-15,18,23H,8-11H2,1-2H3. The van der Waals surface area contributed by atoms with Gasteiger partial charge in [0.05, 0.1) is 21.3 Å². The highest BCUT2D eigenvalue weighted by molar-refractivity contribution is 7.20. The first kappa shape index (κ1) is 18.1. The Morgan fingerprint density at radius 3 is 2.88 bits per heavy atom. The van der Waals surface area contributed by atoms with Gasteiger partial charge in [-0.15, -0.1) is 17.3 Å². The number of nitrogens with one attached hydrogen (secondary N) is 1. The van der Waals surface area contributed by atoms with Gasteiger partial charge in [0, 0.05) is 19.5 Å². The molecular weight excluding hydrogens is 345 g/mol. The Balaban J connectivity index is 1.97. The van der Waals surface area contributed by atoms with Gasteiger partial charge < -0.3 is 10.2 Å². The van der Waals surface area contributed by atoms with Gasteiger partial charge in [-0.2, -0.15) is 0 Å². The predicted molar refractivity (Wildman–Crippen MR) is 98.5 cm³/mol. The van der Waals surface area contributed by atoms with Gasteiger partial charge in [-0.1, -0.05) is 18.1 Å². The van der Waals surface area contributed by atoms with Crippen LogP contribution in [-0.2, 0) is 6.42 Å². The molecule has 0 aliphatic carbocycles. The van der Waals surface area contributed by atoms with Crippen LogP contribution in [0.1, 0.15) is 23.8 Å². The Morgan fingerprint density at radius 2 is 2.20 bits per heavy atom. The molecule has 0 bridgehead atoms. The molecule has 2 heterocycles. The van der Waals surface area contributed by atoms with E-state index in [4.69, 9.17) is 0 Å². The second-order valence-corrected chi connectivity index (χ2v) is 7.40. The first-order chi connectivity index (χ1) is 12.0. The molecule has 0 radical (unpaired) electrons. The Kier molecular flexibility index (Phi) is 5.55. The number of alkyl halides is 3. The van der Waals surface area contributed by atoms with E-state index in [1.165, 1.54) is 11.3 Å². The maximum Gasteiger partial charge on any atom is 0.242 e. The topological polar surface area (TPSA) is 15.3 Å². The lowest BCUT2D eigenvalue weighted by Gasteiger charge is -2.33. The van der Waals surface area contributed by atoms with Crippen molar-refractivity contribution in [2.24, 2.45) is 0 Å². The molecule has 1 aromatic carbocycles. The van der Waals surface area contributed by atoms with Gasteiger partial charge in [0.1, 0.15) is 6.17 Å². The fourth-order valence-electron chi connectivity index (χ4n) is 3.27. The van der Waals surface area contributed by atoms with Crippen LogP contribution in [0, 0.1) is 11.8 Å². The lowest BCUT2D eigenvalue weighted by Crippen LogP contribution is -2.46. The summed E-state index contributed by atoms with van der Waals surface area (Å²) in [7, 11) is 1.91. The summed E-state index contributed by atoms with van der Waals surface area (Å²) in [5.41, 5.74) is 1.40. The summed E-state index contributed by atoms with van der Waals surface area (Å²) in [6.07, 6.45) is -2.97. The summed E-state index contributed by atoms with van der Waals surface area (Å²) >= 11 is 1.41. The number of hydrogen-bond acceptors (Lipinski definition) is 3. The fourth-order valence-corrected chi connectivity index (χ4v) is 4.49. The summed E-state index contributed by atoms with van der Waals surface area (Å²) in [4.78, 5) is 2.65. The van der Waals surface area contributed by atoms with Crippen molar-refractivity contribution in [3.05, 3.63) is 28.6 Å². The zero-order valence-corrected chi connectivity index (χ0v) is 15.1. The Bertz CT molecular complexity index is 806. The minimum Gasteiger partial charge on any atom is -0.378 e. The molecule has 0 amide bonds. The van der Waals surface area contributed by atoms with Crippen molar-refractivity contribution in [1.82, 2.24) is 4.90 Å². The normalized spacial score (nSPS) is 21.4. The minimum absolute atomic E-state index is 0.261. The number of benzene rings is 1. The van der Waals surface area contributed by atoms with E-state index >= 15 is 0 Å². The van der Waals surface area contributed by atoms with Gasteiger partial charge in [-0.05, 0) is 37.4 Å². The molecule has 2 unspecified atom stereocenters. The third kappa shape index (κ3) is 3.94. The predicted octanol–water partition coefficient (Wildman–Crippen LogP) is 4.53. The maximum absolute atomic E-state index is 14.3. The van der Waals surface area contributed by atoms with Crippen LogP contribution < -0.4 is 5.32 Å². The van der Waals surface area contributed by atoms with E-state index in [1.807, 2.05) is 30.1 Å². The van der Waals surface area contributed by atoms with Gasteiger partial charge in [0.25, 0.3) is 0 Å². The number of piperidine rings is 1. The zero-order valence-electron chi connectivity index (χ0n) is 14.3. The van der Waals surface area contributed by atoms with Crippen LogP contribution in [0.3, 0.4) is 0 Å². The van der Waals surface area contributed by atoms with Crippen molar-refractivity contribution in [3.63, 3.8) is 0 Å². The van der Waals surface area contributed by atoms with Crippen LogP contribution in [0.15, 0.2) is 18.2 Å². The van der Waals surface area contributed by atoms with E-state index in [0.29, 0.717) is 23.4 Å². The van der Waals surface area contributed by atoms with Crippen molar-refractivity contribution in [2.45, 2.75) is 38.4 Å². The van der Waals surface area contributed by atoms with Crippen LogP contribution in [0.25, 0.3) is 10.1 Å². The molecule has 6 heteroatoms. The van der Waals surface area contributed by atoms with E-state index in [1.54, 1.807) is 6.92 Å². The van der Waals surface area contributed by atoms with Crippen molar-refractivity contribution in [3.8, 4) is 11.8 Å². The van der Waals surface area contributed by atoms with Crippen molar-refractivity contribution in [1.29, 1.82) is 0 Å². The molecule has 1 fully saturated rings. The Labute approximate surface area is 150 Å². The second kappa shape index (κ2) is 7.67. The Hall–Kier alpha value is -1.71. The summed E-state index contributed by atoms with van der Waals surface area (Å²) < 4.78 is 41.2.